The van der Waals surface area contributed by atoms with Crippen LogP contribution in [0.15, 0.2) is 42.5 Å². The summed E-state index contributed by atoms with van der Waals surface area (Å²) in [5, 5.41) is 0.309. The van der Waals surface area contributed by atoms with Crippen molar-refractivity contribution in [1.29, 1.82) is 0 Å². The van der Waals surface area contributed by atoms with Gasteiger partial charge in [-0.2, -0.15) is 4.98 Å². The van der Waals surface area contributed by atoms with Crippen molar-refractivity contribution in [1.82, 2.24) is 4.98 Å². The molecule has 2 rings (SSSR count). The molecule has 0 spiro atoms. The molecular formula is C15H17N3O2S. The molecule has 0 aliphatic carbocycles. The highest BCUT2D eigenvalue weighted by Gasteiger charge is 2.14. The van der Waals surface area contributed by atoms with Gasteiger partial charge >= 0.3 is 0 Å². The van der Waals surface area contributed by atoms with Crippen LogP contribution in [0.5, 0.6) is 11.6 Å². The van der Waals surface area contributed by atoms with Gasteiger partial charge < -0.3 is 15.2 Å². The van der Waals surface area contributed by atoms with E-state index in [0.717, 1.165) is 0 Å². The molecule has 0 unspecified atom stereocenters. The van der Waals surface area contributed by atoms with E-state index in [1.54, 1.807) is 36.3 Å². The second-order valence-electron chi connectivity index (χ2n) is 4.22. The number of hydrogen-bond acceptors (Lipinski definition) is 5. The molecule has 6 heteroatoms. The molecule has 0 aliphatic heterocycles. The van der Waals surface area contributed by atoms with Crippen molar-refractivity contribution in [3.63, 3.8) is 0 Å². The minimum Gasteiger partial charge on any atom is -0.481 e. The molecule has 1 heterocycles. The van der Waals surface area contributed by atoms with Crippen molar-refractivity contribution >= 4 is 28.9 Å². The minimum absolute atomic E-state index is 0.309. The number of aromatic nitrogens is 1. The molecular weight excluding hydrogens is 286 g/mol. The number of hydrogen-bond donors (Lipinski definition) is 1. The molecule has 0 bridgehead atoms. The Morgan fingerprint density at radius 1 is 1.29 bits per heavy atom. The predicted molar refractivity (Wildman–Crippen MR) is 87.9 cm³/mol. The van der Waals surface area contributed by atoms with E-state index in [0.29, 0.717) is 34.9 Å². The lowest BCUT2D eigenvalue weighted by Gasteiger charge is -2.22. The van der Waals surface area contributed by atoms with Crippen LogP contribution in [0, 0.1) is 0 Å². The fourth-order valence-corrected chi connectivity index (χ4v) is 2.11. The first-order chi connectivity index (χ1) is 10.1. The number of anilines is 2. The quantitative estimate of drug-likeness (QED) is 0.692. The number of pyridine rings is 1. The van der Waals surface area contributed by atoms with Gasteiger partial charge in [-0.3, -0.25) is 4.90 Å². The molecule has 1 aromatic heterocycles. The fraction of sp³-hybridized carbons (Fsp3) is 0.200. The van der Waals surface area contributed by atoms with Gasteiger partial charge in [-0.15, -0.1) is 0 Å². The summed E-state index contributed by atoms with van der Waals surface area (Å²) in [5.41, 5.74) is 6.35. The van der Waals surface area contributed by atoms with E-state index < -0.39 is 0 Å². The van der Waals surface area contributed by atoms with E-state index >= 15 is 0 Å². The number of ether oxygens (including phenoxy) is 2. The van der Waals surface area contributed by atoms with E-state index in [-0.39, 0.29) is 0 Å². The maximum atomic E-state index is 5.73. The molecule has 0 saturated carbocycles. The number of nitrogens with zero attached hydrogens (tertiary/aromatic N) is 2. The van der Waals surface area contributed by atoms with E-state index in [9.17, 15) is 0 Å². The largest absolute Gasteiger partial charge is 0.481 e. The zero-order chi connectivity index (χ0) is 15.2. The van der Waals surface area contributed by atoms with E-state index in [2.05, 4.69) is 4.98 Å². The van der Waals surface area contributed by atoms with Crippen LogP contribution in [0.3, 0.4) is 0 Å². The third-order valence-electron chi connectivity index (χ3n) is 2.79. The van der Waals surface area contributed by atoms with Gasteiger partial charge in [0.15, 0.2) is 0 Å². The van der Waals surface area contributed by atoms with Gasteiger partial charge in [-0.05, 0) is 37.3 Å². The van der Waals surface area contributed by atoms with E-state index in [1.165, 1.54) is 0 Å². The number of rotatable bonds is 4. The van der Waals surface area contributed by atoms with Crippen molar-refractivity contribution in [3.05, 3.63) is 42.5 Å². The molecule has 5 nitrogen and oxygen atoms in total. The first-order valence-corrected chi connectivity index (χ1v) is 6.90. The van der Waals surface area contributed by atoms with Gasteiger partial charge in [0.1, 0.15) is 11.6 Å². The first kappa shape index (κ1) is 15.1. The van der Waals surface area contributed by atoms with Crippen molar-refractivity contribution in [2.45, 2.75) is 6.92 Å². The number of nitrogens with two attached hydrogens (primary N) is 1. The topological polar surface area (TPSA) is 60.6 Å². The van der Waals surface area contributed by atoms with E-state index in [4.69, 9.17) is 27.4 Å². The van der Waals surface area contributed by atoms with Gasteiger partial charge in [-0.1, -0.05) is 12.1 Å². The summed E-state index contributed by atoms with van der Waals surface area (Å²) >= 11 is 5.34. The molecule has 0 radical (unpaired) electrons. The summed E-state index contributed by atoms with van der Waals surface area (Å²) in [7, 11) is 1.57. The highest BCUT2D eigenvalue weighted by atomic mass is 32.1. The van der Waals surface area contributed by atoms with Crippen LogP contribution in [0.4, 0.5) is 11.5 Å². The smallest absolute Gasteiger partial charge is 0.270 e. The Hall–Kier alpha value is -2.34. The van der Waals surface area contributed by atoms with Gasteiger partial charge in [0.2, 0.25) is 5.88 Å². The second-order valence-corrected chi connectivity index (χ2v) is 4.57. The molecule has 2 aromatic rings. The van der Waals surface area contributed by atoms with Crippen molar-refractivity contribution in [3.8, 4) is 11.6 Å². The Morgan fingerprint density at radius 3 is 2.71 bits per heavy atom. The highest BCUT2D eigenvalue weighted by molar-refractivity contribution is 7.80. The van der Waals surface area contributed by atoms with Crippen LogP contribution in [0.1, 0.15) is 6.92 Å². The normalized spacial score (nSPS) is 10.0. The van der Waals surface area contributed by atoms with Crippen LogP contribution in [0.2, 0.25) is 0 Å². The van der Waals surface area contributed by atoms with Gasteiger partial charge in [0.25, 0.3) is 5.17 Å². The van der Waals surface area contributed by atoms with Crippen LogP contribution >= 0.6 is 12.2 Å². The maximum absolute atomic E-state index is 5.73. The Morgan fingerprint density at radius 2 is 2.05 bits per heavy atom. The van der Waals surface area contributed by atoms with Crippen LogP contribution < -0.4 is 20.1 Å². The maximum Gasteiger partial charge on any atom is 0.270 e. The van der Waals surface area contributed by atoms with Crippen molar-refractivity contribution in [2.75, 3.05) is 24.3 Å². The average Bonchev–Trinajstić information content (AvgIpc) is 2.48. The predicted octanol–water partition coefficient (Wildman–Crippen LogP) is 2.86. The average molecular weight is 303 g/mol. The summed E-state index contributed by atoms with van der Waals surface area (Å²) in [6, 6.07) is 12.6. The third-order valence-corrected chi connectivity index (χ3v) is 3.10. The number of nitrogen functional groups attached to an aromatic ring is 1. The summed E-state index contributed by atoms with van der Waals surface area (Å²) in [6.07, 6.45) is 0. The van der Waals surface area contributed by atoms with Crippen molar-refractivity contribution in [2.24, 2.45) is 0 Å². The Kier molecular flexibility index (Phi) is 4.94. The third kappa shape index (κ3) is 3.82. The zero-order valence-electron chi connectivity index (χ0n) is 11.9. The molecule has 21 heavy (non-hydrogen) atoms. The van der Waals surface area contributed by atoms with Crippen molar-refractivity contribution < 1.29 is 9.47 Å². The van der Waals surface area contributed by atoms with Crippen LogP contribution in [0.25, 0.3) is 0 Å². The minimum atomic E-state index is 0.309. The Labute approximate surface area is 129 Å². The standard InChI is InChI=1S/C15H17N3O2S/c1-3-18(13-8-5-9-14(17-13)19-2)15(21)20-12-7-4-6-11(16)10-12/h4-10H,3,16H2,1-2H3. The molecule has 1 aromatic carbocycles. The number of benzene rings is 1. The van der Waals surface area contributed by atoms with Gasteiger partial charge in [0.05, 0.1) is 7.11 Å². The lowest BCUT2D eigenvalue weighted by molar-refractivity contribution is 0.398. The molecule has 0 aliphatic rings. The monoisotopic (exact) mass is 303 g/mol. The lowest BCUT2D eigenvalue weighted by atomic mass is 10.3. The summed E-state index contributed by atoms with van der Waals surface area (Å²) in [5.74, 6) is 1.80. The van der Waals surface area contributed by atoms with E-state index in [1.807, 2.05) is 25.1 Å². The molecule has 2 N–H and O–H groups in total. The fourth-order valence-electron chi connectivity index (χ4n) is 1.79. The first-order valence-electron chi connectivity index (χ1n) is 6.50. The SMILES string of the molecule is CCN(C(=S)Oc1cccc(N)c1)c1cccc(OC)n1. The summed E-state index contributed by atoms with van der Waals surface area (Å²) in [4.78, 5) is 6.13. The molecule has 0 atom stereocenters. The van der Waals surface area contributed by atoms with Crippen LogP contribution in [-0.4, -0.2) is 23.8 Å². The Balaban J connectivity index is 2.18. The molecule has 0 amide bonds. The molecule has 0 saturated heterocycles. The second kappa shape index (κ2) is 6.90. The Bertz CT molecular complexity index is 634. The lowest BCUT2D eigenvalue weighted by Crippen LogP contribution is -2.33. The number of methoxy groups -OCH3 is 1. The van der Waals surface area contributed by atoms with Gasteiger partial charge in [0, 0.05) is 24.4 Å². The summed E-state index contributed by atoms with van der Waals surface area (Å²) < 4.78 is 10.8. The van der Waals surface area contributed by atoms with Crippen LogP contribution in [-0.2, 0) is 0 Å². The molecule has 0 fully saturated rings. The summed E-state index contributed by atoms with van der Waals surface area (Å²) in [6.45, 7) is 2.59. The zero-order valence-corrected chi connectivity index (χ0v) is 12.8. The number of thiocarbonyl (C=S) groups is 1. The highest BCUT2D eigenvalue weighted by Crippen LogP contribution is 2.19. The molecule has 110 valence electrons. The van der Waals surface area contributed by atoms with Gasteiger partial charge in [-0.25, -0.2) is 0 Å².